The number of rotatable bonds is 4. The largest absolute Gasteiger partial charge is 0.486 e. The molecule has 1 aromatic rings. The first-order chi connectivity index (χ1) is 9.08. The molecule has 5 nitrogen and oxygen atoms in total. The minimum absolute atomic E-state index is 0. The second-order valence-corrected chi connectivity index (χ2v) is 4.97. The molecule has 1 amide bonds. The number of hydrogen-bond acceptors (Lipinski definition) is 4. The number of ether oxygens (including phenoxy) is 2. The van der Waals surface area contributed by atoms with Crippen molar-refractivity contribution in [2.24, 2.45) is 11.7 Å². The Hall–Kier alpha value is -1.46. The van der Waals surface area contributed by atoms with Crippen LogP contribution in [0.25, 0.3) is 0 Å². The number of carbonyl (C=O) groups is 1. The Balaban J connectivity index is 0.00000200. The van der Waals surface area contributed by atoms with Gasteiger partial charge in [-0.2, -0.15) is 0 Å². The van der Waals surface area contributed by atoms with Gasteiger partial charge in [0.15, 0.2) is 11.5 Å². The maximum absolute atomic E-state index is 11.8. The van der Waals surface area contributed by atoms with Crippen molar-refractivity contribution in [3.8, 4) is 11.5 Å². The van der Waals surface area contributed by atoms with E-state index in [1.54, 1.807) is 0 Å². The highest BCUT2D eigenvalue weighted by Gasteiger charge is 2.17. The lowest BCUT2D eigenvalue weighted by Gasteiger charge is -2.19. The van der Waals surface area contributed by atoms with E-state index in [0.717, 1.165) is 17.1 Å². The van der Waals surface area contributed by atoms with Crippen molar-refractivity contribution < 1.29 is 14.3 Å². The average molecular weight is 301 g/mol. The van der Waals surface area contributed by atoms with E-state index in [0.29, 0.717) is 19.8 Å². The Kier molecular flexibility index (Phi) is 6.10. The van der Waals surface area contributed by atoms with Crippen LogP contribution in [0, 0.1) is 5.92 Å². The number of hydrogen-bond donors (Lipinski definition) is 2. The molecular formula is C14H21ClN2O3. The third-order valence-corrected chi connectivity index (χ3v) is 3.09. The van der Waals surface area contributed by atoms with Crippen LogP contribution in [-0.4, -0.2) is 25.2 Å². The summed E-state index contributed by atoms with van der Waals surface area (Å²) < 4.78 is 10.9. The van der Waals surface area contributed by atoms with Gasteiger partial charge in [0.2, 0.25) is 5.91 Å². The molecular weight excluding hydrogens is 280 g/mol. The van der Waals surface area contributed by atoms with Crippen molar-refractivity contribution in [3.63, 3.8) is 0 Å². The summed E-state index contributed by atoms with van der Waals surface area (Å²) >= 11 is 0. The fraction of sp³-hybridized carbons (Fsp3) is 0.500. The molecule has 1 aliphatic rings. The lowest BCUT2D eigenvalue weighted by molar-refractivity contribution is -0.123. The van der Waals surface area contributed by atoms with Crippen LogP contribution in [0.1, 0.15) is 19.4 Å². The van der Waals surface area contributed by atoms with Gasteiger partial charge in [0.25, 0.3) is 0 Å². The molecule has 0 spiro atoms. The molecule has 0 bridgehead atoms. The first kappa shape index (κ1) is 16.6. The normalized spacial score (nSPS) is 14.4. The van der Waals surface area contributed by atoms with Crippen molar-refractivity contribution in [1.82, 2.24) is 5.32 Å². The van der Waals surface area contributed by atoms with E-state index in [-0.39, 0.29) is 24.2 Å². The predicted molar refractivity (Wildman–Crippen MR) is 79.3 cm³/mol. The summed E-state index contributed by atoms with van der Waals surface area (Å²) in [6.45, 7) is 5.42. The van der Waals surface area contributed by atoms with Gasteiger partial charge in [0.05, 0.1) is 6.04 Å². The standard InChI is InChI=1S/C14H20N2O3.ClH/c1-9(2)13(15)14(17)16-8-10-3-4-11-12(7-10)19-6-5-18-11;/h3-4,7,9,13H,5-6,8,15H2,1-2H3,(H,16,17);1H/t13-;/m1./s1. The molecule has 6 heteroatoms. The van der Waals surface area contributed by atoms with Crippen LogP contribution >= 0.6 is 12.4 Å². The van der Waals surface area contributed by atoms with Crippen molar-refractivity contribution in [1.29, 1.82) is 0 Å². The number of fused-ring (bicyclic) bond motifs is 1. The van der Waals surface area contributed by atoms with Crippen molar-refractivity contribution >= 4 is 18.3 Å². The fourth-order valence-electron chi connectivity index (χ4n) is 1.81. The van der Waals surface area contributed by atoms with Gasteiger partial charge in [-0.1, -0.05) is 19.9 Å². The van der Waals surface area contributed by atoms with Crippen LogP contribution in [0.4, 0.5) is 0 Å². The number of halogens is 1. The highest BCUT2D eigenvalue weighted by atomic mass is 35.5. The molecule has 3 N–H and O–H groups in total. The molecule has 2 rings (SSSR count). The minimum Gasteiger partial charge on any atom is -0.486 e. The molecule has 0 fully saturated rings. The summed E-state index contributed by atoms with van der Waals surface area (Å²) in [6, 6.07) is 5.18. The zero-order valence-electron chi connectivity index (χ0n) is 11.7. The van der Waals surface area contributed by atoms with E-state index in [2.05, 4.69) is 5.32 Å². The Bertz CT molecular complexity index is 466. The van der Waals surface area contributed by atoms with Crippen LogP contribution in [0.2, 0.25) is 0 Å². The van der Waals surface area contributed by atoms with Gasteiger partial charge in [0.1, 0.15) is 13.2 Å². The van der Waals surface area contributed by atoms with E-state index >= 15 is 0 Å². The molecule has 0 saturated carbocycles. The Morgan fingerprint density at radius 1 is 1.30 bits per heavy atom. The molecule has 0 unspecified atom stereocenters. The van der Waals surface area contributed by atoms with E-state index in [4.69, 9.17) is 15.2 Å². The summed E-state index contributed by atoms with van der Waals surface area (Å²) in [7, 11) is 0. The van der Waals surface area contributed by atoms with E-state index < -0.39 is 6.04 Å². The molecule has 0 aromatic heterocycles. The van der Waals surface area contributed by atoms with Gasteiger partial charge in [0, 0.05) is 6.54 Å². The molecule has 0 aliphatic carbocycles. The summed E-state index contributed by atoms with van der Waals surface area (Å²) in [5, 5.41) is 2.83. The molecule has 0 radical (unpaired) electrons. The van der Waals surface area contributed by atoms with Gasteiger partial charge in [-0.25, -0.2) is 0 Å². The number of amides is 1. The number of benzene rings is 1. The fourth-order valence-corrected chi connectivity index (χ4v) is 1.81. The lowest BCUT2D eigenvalue weighted by Crippen LogP contribution is -2.43. The smallest absolute Gasteiger partial charge is 0.237 e. The average Bonchev–Trinajstić information content (AvgIpc) is 2.43. The van der Waals surface area contributed by atoms with Gasteiger partial charge in [-0.15, -0.1) is 12.4 Å². The van der Waals surface area contributed by atoms with Crippen LogP contribution in [-0.2, 0) is 11.3 Å². The van der Waals surface area contributed by atoms with Crippen molar-refractivity contribution in [3.05, 3.63) is 23.8 Å². The monoisotopic (exact) mass is 300 g/mol. The molecule has 112 valence electrons. The Morgan fingerprint density at radius 3 is 2.60 bits per heavy atom. The number of nitrogens with one attached hydrogen (secondary N) is 1. The van der Waals surface area contributed by atoms with E-state index in [1.807, 2.05) is 32.0 Å². The molecule has 0 saturated heterocycles. The molecule has 1 heterocycles. The summed E-state index contributed by atoms with van der Waals surface area (Å²) in [5.74, 6) is 1.47. The molecule has 1 atom stereocenters. The van der Waals surface area contributed by atoms with Crippen LogP contribution < -0.4 is 20.5 Å². The first-order valence-corrected chi connectivity index (χ1v) is 6.49. The van der Waals surface area contributed by atoms with Gasteiger partial charge >= 0.3 is 0 Å². The SMILES string of the molecule is CC(C)[C@@H](N)C(=O)NCc1ccc2c(c1)OCCO2.Cl. The second kappa shape index (κ2) is 7.36. The molecule has 1 aromatic carbocycles. The van der Waals surface area contributed by atoms with Gasteiger partial charge in [-0.05, 0) is 23.6 Å². The van der Waals surface area contributed by atoms with E-state index in [1.165, 1.54) is 0 Å². The third-order valence-electron chi connectivity index (χ3n) is 3.09. The van der Waals surface area contributed by atoms with Gasteiger partial charge < -0.3 is 20.5 Å². The number of carbonyl (C=O) groups excluding carboxylic acids is 1. The topological polar surface area (TPSA) is 73.6 Å². The molecule has 1 aliphatic heterocycles. The predicted octanol–water partition coefficient (Wildman–Crippen LogP) is 1.48. The van der Waals surface area contributed by atoms with Crippen LogP contribution in [0.15, 0.2) is 18.2 Å². The highest BCUT2D eigenvalue weighted by molar-refractivity contribution is 5.85. The highest BCUT2D eigenvalue weighted by Crippen LogP contribution is 2.30. The Morgan fingerprint density at radius 2 is 1.95 bits per heavy atom. The maximum atomic E-state index is 11.8. The first-order valence-electron chi connectivity index (χ1n) is 6.49. The Labute approximate surface area is 125 Å². The summed E-state index contributed by atoms with van der Waals surface area (Å²) in [6.07, 6.45) is 0. The molecule has 20 heavy (non-hydrogen) atoms. The van der Waals surface area contributed by atoms with Crippen molar-refractivity contribution in [2.45, 2.75) is 26.4 Å². The van der Waals surface area contributed by atoms with Gasteiger partial charge in [-0.3, -0.25) is 4.79 Å². The van der Waals surface area contributed by atoms with Crippen LogP contribution in [0.5, 0.6) is 11.5 Å². The quantitative estimate of drug-likeness (QED) is 0.883. The second-order valence-electron chi connectivity index (χ2n) is 4.97. The summed E-state index contributed by atoms with van der Waals surface area (Å²) in [4.78, 5) is 11.8. The minimum atomic E-state index is -0.475. The maximum Gasteiger partial charge on any atom is 0.237 e. The van der Waals surface area contributed by atoms with Crippen LogP contribution in [0.3, 0.4) is 0 Å². The van der Waals surface area contributed by atoms with E-state index in [9.17, 15) is 4.79 Å². The zero-order chi connectivity index (χ0) is 13.8. The third kappa shape index (κ3) is 4.02. The number of nitrogens with two attached hydrogens (primary N) is 1. The van der Waals surface area contributed by atoms with Crippen molar-refractivity contribution in [2.75, 3.05) is 13.2 Å². The zero-order valence-corrected chi connectivity index (χ0v) is 12.5. The summed E-state index contributed by atoms with van der Waals surface area (Å²) in [5.41, 5.74) is 6.74. The lowest BCUT2D eigenvalue weighted by atomic mass is 10.0.